The van der Waals surface area contributed by atoms with Gasteiger partial charge in [0, 0.05) is 13.5 Å². The van der Waals surface area contributed by atoms with Crippen molar-refractivity contribution in [1.29, 1.82) is 0 Å². The van der Waals surface area contributed by atoms with Crippen LogP contribution in [0.1, 0.15) is 26.3 Å². The number of ether oxygens (including phenoxy) is 1. The summed E-state index contributed by atoms with van der Waals surface area (Å²) < 4.78 is 32.0. The van der Waals surface area contributed by atoms with Gasteiger partial charge in [-0.25, -0.2) is 13.2 Å². The van der Waals surface area contributed by atoms with Gasteiger partial charge in [0.1, 0.15) is 11.6 Å². The predicted molar refractivity (Wildman–Crippen MR) is 114 cm³/mol. The molecule has 2 aromatic carbocycles. The number of likely N-dealkylation sites (N-methyl/N-ethyl adjacent to an activating group) is 1. The largest absolute Gasteiger partial charge is 0.464 e. The fraction of sp³-hybridized carbons (Fsp3) is 0.364. The van der Waals surface area contributed by atoms with Crippen LogP contribution in [0, 0.1) is 0 Å². The van der Waals surface area contributed by atoms with Gasteiger partial charge < -0.3 is 10.1 Å². The monoisotopic (exact) mass is 432 g/mol. The second kappa shape index (κ2) is 9.86. The first-order valence-electron chi connectivity index (χ1n) is 9.66. The molecule has 0 aliphatic carbocycles. The van der Waals surface area contributed by atoms with E-state index in [-0.39, 0.29) is 17.9 Å². The summed E-state index contributed by atoms with van der Waals surface area (Å²) in [6.45, 7) is 4.84. The van der Waals surface area contributed by atoms with Gasteiger partial charge >= 0.3 is 5.97 Å². The zero-order valence-corrected chi connectivity index (χ0v) is 18.5. The van der Waals surface area contributed by atoms with Gasteiger partial charge in [0.05, 0.1) is 11.5 Å². The van der Waals surface area contributed by atoms with E-state index in [1.807, 2.05) is 30.3 Å². The first-order chi connectivity index (χ1) is 14.1. The van der Waals surface area contributed by atoms with Gasteiger partial charge in [0.25, 0.3) is 0 Å². The number of sulfonamides is 1. The minimum atomic E-state index is -3.91. The Morgan fingerprint density at radius 3 is 2.10 bits per heavy atom. The molecule has 0 fully saturated rings. The normalized spacial score (nSPS) is 13.0. The van der Waals surface area contributed by atoms with Crippen LogP contribution in [-0.4, -0.2) is 49.8 Å². The third-order valence-electron chi connectivity index (χ3n) is 4.90. The number of benzene rings is 2. The van der Waals surface area contributed by atoms with Crippen LogP contribution in [-0.2, 0) is 30.8 Å². The Morgan fingerprint density at radius 1 is 1.03 bits per heavy atom. The average molecular weight is 433 g/mol. The van der Waals surface area contributed by atoms with Crippen LogP contribution in [0.4, 0.5) is 0 Å². The van der Waals surface area contributed by atoms with E-state index in [0.29, 0.717) is 0 Å². The van der Waals surface area contributed by atoms with Crippen LogP contribution in [0.5, 0.6) is 0 Å². The van der Waals surface area contributed by atoms with Crippen molar-refractivity contribution in [2.75, 3.05) is 13.7 Å². The fourth-order valence-electron chi connectivity index (χ4n) is 2.81. The Kier molecular flexibility index (Phi) is 7.75. The predicted octanol–water partition coefficient (Wildman–Crippen LogP) is 2.38. The first-order valence-corrected chi connectivity index (χ1v) is 11.1. The SMILES string of the molecule is CCOC(=O)[C@H](Cc1ccccc1)NC(=O)C(C)(C)N(C)S(=O)(=O)c1ccccc1. The lowest BCUT2D eigenvalue weighted by molar-refractivity contribution is -0.148. The minimum Gasteiger partial charge on any atom is -0.464 e. The first kappa shape index (κ1) is 23.6. The van der Waals surface area contributed by atoms with E-state index < -0.39 is 33.5 Å². The minimum absolute atomic E-state index is 0.0830. The molecular weight excluding hydrogens is 404 g/mol. The smallest absolute Gasteiger partial charge is 0.328 e. The van der Waals surface area contributed by atoms with Crippen LogP contribution >= 0.6 is 0 Å². The van der Waals surface area contributed by atoms with Crippen molar-refractivity contribution in [2.24, 2.45) is 0 Å². The van der Waals surface area contributed by atoms with Crippen molar-refractivity contribution in [3.05, 3.63) is 66.2 Å². The molecular formula is C22H28N2O5S. The molecule has 0 bridgehead atoms. The molecule has 0 spiro atoms. The van der Waals surface area contributed by atoms with Crippen molar-refractivity contribution >= 4 is 21.9 Å². The molecule has 2 rings (SSSR count). The molecule has 7 nitrogen and oxygen atoms in total. The molecule has 8 heteroatoms. The average Bonchev–Trinajstić information content (AvgIpc) is 2.74. The molecule has 0 aromatic heterocycles. The number of nitrogens with zero attached hydrogens (tertiary/aromatic N) is 1. The number of hydrogen-bond acceptors (Lipinski definition) is 5. The maximum atomic E-state index is 13.1. The van der Waals surface area contributed by atoms with Gasteiger partial charge in [-0.05, 0) is 38.5 Å². The lowest BCUT2D eigenvalue weighted by atomic mass is 10.0. The number of amides is 1. The van der Waals surface area contributed by atoms with E-state index in [1.54, 1.807) is 25.1 Å². The van der Waals surface area contributed by atoms with Gasteiger partial charge in [-0.1, -0.05) is 48.5 Å². The fourth-order valence-corrected chi connectivity index (χ4v) is 4.32. The molecule has 0 aliphatic rings. The molecule has 0 heterocycles. The lowest BCUT2D eigenvalue weighted by Gasteiger charge is -2.34. The van der Waals surface area contributed by atoms with E-state index >= 15 is 0 Å². The summed E-state index contributed by atoms with van der Waals surface area (Å²) in [4.78, 5) is 25.6. The second-order valence-corrected chi connectivity index (χ2v) is 9.28. The molecule has 0 saturated heterocycles. The number of carbonyl (C=O) groups is 2. The summed E-state index contributed by atoms with van der Waals surface area (Å²) >= 11 is 0. The van der Waals surface area contributed by atoms with E-state index in [2.05, 4.69) is 5.32 Å². The Bertz CT molecular complexity index is 960. The van der Waals surface area contributed by atoms with Crippen molar-refractivity contribution < 1.29 is 22.7 Å². The van der Waals surface area contributed by atoms with Crippen LogP contribution < -0.4 is 5.32 Å². The lowest BCUT2D eigenvalue weighted by Crippen LogP contribution is -2.58. The number of nitrogens with one attached hydrogen (secondary N) is 1. The molecule has 0 aliphatic heterocycles. The summed E-state index contributed by atoms with van der Waals surface area (Å²) in [6, 6.07) is 16.2. The second-order valence-electron chi connectivity index (χ2n) is 7.31. The Balaban J connectivity index is 2.24. The quantitative estimate of drug-likeness (QED) is 0.614. The summed E-state index contributed by atoms with van der Waals surface area (Å²) in [5, 5.41) is 2.68. The van der Waals surface area contributed by atoms with Crippen molar-refractivity contribution in [2.45, 2.75) is 43.7 Å². The van der Waals surface area contributed by atoms with Crippen molar-refractivity contribution in [3.63, 3.8) is 0 Å². The Morgan fingerprint density at radius 2 is 1.57 bits per heavy atom. The molecule has 1 amide bonds. The zero-order chi connectivity index (χ0) is 22.4. The highest BCUT2D eigenvalue weighted by Crippen LogP contribution is 2.23. The van der Waals surface area contributed by atoms with Gasteiger partial charge in [0.2, 0.25) is 15.9 Å². The van der Waals surface area contributed by atoms with E-state index in [4.69, 9.17) is 4.74 Å². The number of rotatable bonds is 9. The van der Waals surface area contributed by atoms with Gasteiger partial charge in [-0.3, -0.25) is 4.79 Å². The summed E-state index contributed by atoms with van der Waals surface area (Å²) in [5.41, 5.74) is -0.602. The van der Waals surface area contributed by atoms with E-state index in [1.165, 1.54) is 33.0 Å². The highest BCUT2D eigenvalue weighted by molar-refractivity contribution is 7.89. The number of carbonyl (C=O) groups excluding carboxylic acids is 2. The summed E-state index contributed by atoms with van der Waals surface area (Å²) in [6.07, 6.45) is 0.233. The maximum absolute atomic E-state index is 13.1. The van der Waals surface area contributed by atoms with Crippen LogP contribution in [0.2, 0.25) is 0 Å². The highest BCUT2D eigenvalue weighted by Gasteiger charge is 2.41. The van der Waals surface area contributed by atoms with Crippen molar-refractivity contribution in [1.82, 2.24) is 9.62 Å². The molecule has 2 aromatic rings. The molecule has 0 unspecified atom stereocenters. The van der Waals surface area contributed by atoms with Crippen molar-refractivity contribution in [3.8, 4) is 0 Å². The third kappa shape index (κ3) is 5.46. The standard InChI is InChI=1S/C22H28N2O5S/c1-5-29-20(25)19(16-17-12-8-6-9-13-17)23-21(26)22(2,3)24(4)30(27,28)18-14-10-7-11-15-18/h6-15,19H,5,16H2,1-4H3,(H,23,26)/t19-/m0/s1. The third-order valence-corrected chi connectivity index (χ3v) is 6.95. The van der Waals surface area contributed by atoms with E-state index in [9.17, 15) is 18.0 Å². The van der Waals surface area contributed by atoms with Gasteiger partial charge in [0.15, 0.2) is 0 Å². The van der Waals surface area contributed by atoms with Crippen LogP contribution in [0.25, 0.3) is 0 Å². The molecule has 1 N–H and O–H groups in total. The molecule has 30 heavy (non-hydrogen) atoms. The zero-order valence-electron chi connectivity index (χ0n) is 17.7. The summed E-state index contributed by atoms with van der Waals surface area (Å²) in [5.74, 6) is -1.17. The van der Waals surface area contributed by atoms with Crippen LogP contribution in [0.15, 0.2) is 65.6 Å². The molecule has 0 radical (unpaired) electrons. The molecule has 0 saturated carbocycles. The van der Waals surface area contributed by atoms with E-state index in [0.717, 1.165) is 9.87 Å². The van der Waals surface area contributed by atoms with Crippen LogP contribution in [0.3, 0.4) is 0 Å². The van der Waals surface area contributed by atoms with Gasteiger partial charge in [-0.15, -0.1) is 0 Å². The molecule has 162 valence electrons. The van der Waals surface area contributed by atoms with Gasteiger partial charge in [-0.2, -0.15) is 4.31 Å². The number of hydrogen-bond donors (Lipinski definition) is 1. The topological polar surface area (TPSA) is 92.8 Å². The maximum Gasteiger partial charge on any atom is 0.328 e. The highest BCUT2D eigenvalue weighted by atomic mass is 32.2. The summed E-state index contributed by atoms with van der Waals surface area (Å²) in [7, 11) is -2.56. The molecule has 1 atom stereocenters. The number of esters is 1. The Hall–Kier alpha value is -2.71. The Labute approximate surface area is 178 Å².